The molecule has 0 radical (unpaired) electrons. The molecule has 0 fully saturated rings. The first-order valence-electron chi connectivity index (χ1n) is 8.34. The van der Waals surface area contributed by atoms with Crippen LogP contribution < -0.4 is 4.72 Å². The number of hydrogen-bond acceptors (Lipinski definition) is 4. The third kappa shape index (κ3) is 3.47. The molecule has 2 heterocycles. The maximum absolute atomic E-state index is 13.0. The fraction of sp³-hybridized carbons (Fsp3) is 0.294. The Kier molecular flexibility index (Phi) is 4.59. The minimum absolute atomic E-state index is 0.391. The average molecular weight is 431 g/mol. The van der Waals surface area contributed by atoms with Crippen LogP contribution in [0.5, 0.6) is 0 Å². The van der Waals surface area contributed by atoms with Crippen LogP contribution in [0.1, 0.15) is 23.1 Å². The first kappa shape index (κ1) is 19.2. The van der Waals surface area contributed by atoms with Crippen molar-refractivity contribution >= 4 is 32.7 Å². The van der Waals surface area contributed by atoms with Crippen molar-refractivity contribution < 1.29 is 21.6 Å². The molecule has 2 aromatic heterocycles. The molecule has 1 atom stereocenters. The van der Waals surface area contributed by atoms with Crippen molar-refractivity contribution in [3.63, 3.8) is 0 Å². The number of nitrogens with one attached hydrogen (secondary N) is 2. The zero-order valence-corrected chi connectivity index (χ0v) is 15.8. The van der Waals surface area contributed by atoms with Gasteiger partial charge in [-0.25, -0.2) is 18.1 Å². The molecule has 0 saturated heterocycles. The molecule has 148 valence electrons. The van der Waals surface area contributed by atoms with E-state index in [1.807, 2.05) is 0 Å². The SMILES string of the molecule is O=S(=O)(NC1CCc2c(cnc3[nH]ncc23)C1)c1ccc(Cl)c(C(F)(F)F)c1. The van der Waals surface area contributed by atoms with Gasteiger partial charge in [-0.05, 0) is 48.6 Å². The van der Waals surface area contributed by atoms with Crippen molar-refractivity contribution in [1.29, 1.82) is 0 Å². The van der Waals surface area contributed by atoms with Crippen LogP contribution in [0.15, 0.2) is 35.5 Å². The summed E-state index contributed by atoms with van der Waals surface area (Å²) in [6.45, 7) is 0. The summed E-state index contributed by atoms with van der Waals surface area (Å²) in [7, 11) is -4.14. The smallest absolute Gasteiger partial charge is 0.261 e. The predicted octanol–water partition coefficient (Wildman–Crippen LogP) is 3.47. The summed E-state index contributed by atoms with van der Waals surface area (Å²) in [4.78, 5) is 3.78. The summed E-state index contributed by atoms with van der Waals surface area (Å²) >= 11 is 5.57. The molecule has 11 heteroatoms. The normalized spacial score (nSPS) is 17.6. The Morgan fingerprint density at radius 1 is 1.25 bits per heavy atom. The molecule has 0 bridgehead atoms. The number of aromatic amines is 1. The maximum Gasteiger partial charge on any atom is 0.417 e. The summed E-state index contributed by atoms with van der Waals surface area (Å²) in [5.41, 5.74) is 1.43. The van der Waals surface area contributed by atoms with E-state index in [1.54, 1.807) is 12.4 Å². The van der Waals surface area contributed by atoms with E-state index in [1.165, 1.54) is 0 Å². The Labute approximate surface area is 163 Å². The van der Waals surface area contributed by atoms with Gasteiger partial charge in [0.05, 0.1) is 21.7 Å². The molecule has 28 heavy (non-hydrogen) atoms. The highest BCUT2D eigenvalue weighted by Gasteiger charge is 2.35. The molecule has 1 aliphatic carbocycles. The summed E-state index contributed by atoms with van der Waals surface area (Å²) in [6, 6.07) is 2.11. The molecule has 1 unspecified atom stereocenters. The minimum atomic E-state index is -4.74. The van der Waals surface area contributed by atoms with Crippen LogP contribution in [0.4, 0.5) is 13.2 Å². The average Bonchev–Trinajstić information content (AvgIpc) is 3.09. The third-order valence-electron chi connectivity index (χ3n) is 4.77. The first-order valence-corrected chi connectivity index (χ1v) is 10.2. The summed E-state index contributed by atoms with van der Waals surface area (Å²) in [5.74, 6) is 0. The Hall–Kier alpha value is -2.17. The minimum Gasteiger partial charge on any atom is -0.261 e. The lowest BCUT2D eigenvalue weighted by atomic mass is 9.88. The van der Waals surface area contributed by atoms with Gasteiger partial charge in [0.1, 0.15) is 0 Å². The summed E-state index contributed by atoms with van der Waals surface area (Å²) in [5, 5.41) is 7.10. The second-order valence-corrected chi connectivity index (χ2v) is 8.72. The lowest BCUT2D eigenvalue weighted by Crippen LogP contribution is -2.39. The lowest BCUT2D eigenvalue weighted by molar-refractivity contribution is -0.137. The molecule has 0 aliphatic heterocycles. The van der Waals surface area contributed by atoms with Crippen LogP contribution in [-0.2, 0) is 29.0 Å². The second kappa shape index (κ2) is 6.71. The number of benzene rings is 1. The van der Waals surface area contributed by atoms with Gasteiger partial charge >= 0.3 is 6.18 Å². The number of hydrogen-bond donors (Lipinski definition) is 2. The molecule has 3 aromatic rings. The number of pyridine rings is 1. The van der Waals surface area contributed by atoms with E-state index in [0.717, 1.165) is 28.6 Å². The highest BCUT2D eigenvalue weighted by molar-refractivity contribution is 7.89. The van der Waals surface area contributed by atoms with Gasteiger partial charge in [-0.1, -0.05) is 11.6 Å². The summed E-state index contributed by atoms with van der Waals surface area (Å²) in [6.07, 6.45) is 0.112. The van der Waals surface area contributed by atoms with Crippen LogP contribution in [-0.4, -0.2) is 29.6 Å². The zero-order chi connectivity index (χ0) is 20.1. The monoisotopic (exact) mass is 430 g/mol. The van der Waals surface area contributed by atoms with Gasteiger partial charge in [0.25, 0.3) is 0 Å². The van der Waals surface area contributed by atoms with Crippen LogP contribution in [0.25, 0.3) is 11.0 Å². The predicted molar refractivity (Wildman–Crippen MR) is 96.5 cm³/mol. The molecule has 4 rings (SSSR count). The van der Waals surface area contributed by atoms with Gasteiger partial charge < -0.3 is 0 Å². The number of rotatable bonds is 3. The number of halogens is 4. The van der Waals surface area contributed by atoms with Crippen LogP contribution >= 0.6 is 11.6 Å². The van der Waals surface area contributed by atoms with Gasteiger partial charge in [0.15, 0.2) is 5.65 Å². The van der Waals surface area contributed by atoms with Gasteiger partial charge in [0, 0.05) is 17.6 Å². The van der Waals surface area contributed by atoms with E-state index in [4.69, 9.17) is 11.6 Å². The molecular formula is C17H14ClF3N4O2S. The fourth-order valence-corrected chi connectivity index (χ4v) is 4.95. The van der Waals surface area contributed by atoms with Gasteiger partial charge in [-0.3, -0.25) is 5.10 Å². The van der Waals surface area contributed by atoms with Crippen LogP contribution in [0, 0.1) is 0 Å². The van der Waals surface area contributed by atoms with Crippen molar-refractivity contribution in [1.82, 2.24) is 19.9 Å². The van der Waals surface area contributed by atoms with Crippen LogP contribution in [0.2, 0.25) is 5.02 Å². The Morgan fingerprint density at radius 2 is 2.04 bits per heavy atom. The van der Waals surface area contributed by atoms with Crippen molar-refractivity contribution in [2.45, 2.75) is 36.4 Å². The van der Waals surface area contributed by atoms with Crippen molar-refractivity contribution in [2.24, 2.45) is 0 Å². The van der Waals surface area contributed by atoms with Gasteiger partial charge in [-0.15, -0.1) is 0 Å². The molecule has 1 aliphatic rings. The largest absolute Gasteiger partial charge is 0.417 e. The molecule has 0 spiro atoms. The number of aromatic nitrogens is 3. The van der Waals surface area contributed by atoms with E-state index in [2.05, 4.69) is 19.9 Å². The molecule has 1 aromatic carbocycles. The quantitative estimate of drug-likeness (QED) is 0.666. The van der Waals surface area contributed by atoms with E-state index in [0.29, 0.717) is 31.0 Å². The van der Waals surface area contributed by atoms with E-state index in [-0.39, 0.29) is 0 Å². The highest BCUT2D eigenvalue weighted by atomic mass is 35.5. The summed E-state index contributed by atoms with van der Waals surface area (Å²) < 4.78 is 66.8. The number of H-pyrrole nitrogens is 1. The molecular weight excluding hydrogens is 417 g/mol. The molecule has 6 nitrogen and oxygen atoms in total. The number of aryl methyl sites for hydroxylation is 1. The van der Waals surface area contributed by atoms with E-state index in [9.17, 15) is 21.6 Å². The Bertz CT molecular complexity index is 1160. The Morgan fingerprint density at radius 3 is 2.79 bits per heavy atom. The lowest BCUT2D eigenvalue weighted by Gasteiger charge is -2.25. The van der Waals surface area contributed by atoms with Crippen LogP contribution in [0.3, 0.4) is 0 Å². The van der Waals surface area contributed by atoms with Gasteiger partial charge in [-0.2, -0.15) is 18.3 Å². The topological polar surface area (TPSA) is 87.7 Å². The van der Waals surface area contributed by atoms with Gasteiger partial charge in [0.2, 0.25) is 10.0 Å². The number of sulfonamides is 1. The number of fused-ring (bicyclic) bond motifs is 3. The molecule has 0 amide bonds. The number of alkyl halides is 3. The van der Waals surface area contributed by atoms with Crippen molar-refractivity contribution in [3.05, 3.63) is 52.3 Å². The first-order chi connectivity index (χ1) is 13.1. The number of nitrogens with zero attached hydrogens (tertiary/aromatic N) is 2. The Balaban J connectivity index is 1.59. The van der Waals surface area contributed by atoms with Crippen molar-refractivity contribution in [2.75, 3.05) is 0 Å². The second-order valence-electron chi connectivity index (χ2n) is 6.59. The van der Waals surface area contributed by atoms with E-state index < -0.39 is 37.7 Å². The molecule has 2 N–H and O–H groups in total. The van der Waals surface area contributed by atoms with E-state index >= 15 is 0 Å². The van der Waals surface area contributed by atoms with Crippen molar-refractivity contribution in [3.8, 4) is 0 Å². The standard InChI is InChI=1S/C17H14ClF3N4O2S/c18-15-4-2-11(6-14(15)17(19,20)21)28(26,27)25-10-1-3-12-9(5-10)7-22-16-13(12)8-23-24-16/h2,4,6-8,10,25H,1,3,5H2,(H,22,23,24). The maximum atomic E-state index is 13.0. The zero-order valence-electron chi connectivity index (χ0n) is 14.2. The molecule has 0 saturated carbocycles. The third-order valence-corrected chi connectivity index (χ3v) is 6.61. The fourth-order valence-electron chi connectivity index (χ4n) is 3.43. The highest BCUT2D eigenvalue weighted by Crippen LogP contribution is 2.36.